The van der Waals surface area contributed by atoms with Crippen LogP contribution in [0.2, 0.25) is 0 Å². The van der Waals surface area contributed by atoms with Gasteiger partial charge in [0.1, 0.15) is 5.75 Å². The van der Waals surface area contributed by atoms with Crippen LogP contribution in [0.1, 0.15) is 11.3 Å². The van der Waals surface area contributed by atoms with Crippen molar-refractivity contribution in [3.63, 3.8) is 0 Å². The molecule has 0 saturated carbocycles. The minimum atomic E-state index is -4.78. The number of sulfonamides is 1. The molecule has 14 heteroatoms. The normalized spacial score (nSPS) is 15.5. The molecule has 1 aliphatic rings. The quantitative estimate of drug-likeness (QED) is 0.335. The lowest BCUT2D eigenvalue weighted by molar-refractivity contribution is -0.274. The smallest absolute Gasteiger partial charge is 0.406 e. The standard InChI is InChI=1S/C25H25F3N6O4S/c1-17-14-22(24-29-23(31-38-24)19-6-8-20(9-7-19)37-25(26,27)28)30-34(17)16-18-4-3-5-21(15-18)39(35,36)33-12-10-32(2)11-13-33/h3-9,14-15H,10-13,16H2,1-2H3. The van der Waals surface area contributed by atoms with Crippen LogP contribution in [-0.4, -0.2) is 77.1 Å². The van der Waals surface area contributed by atoms with Gasteiger partial charge in [-0.25, -0.2) is 8.42 Å². The van der Waals surface area contributed by atoms with Crippen LogP contribution in [0, 0.1) is 6.92 Å². The third kappa shape index (κ3) is 6.13. The summed E-state index contributed by atoms with van der Waals surface area (Å²) in [5, 5.41) is 8.44. The molecule has 1 fully saturated rings. The van der Waals surface area contributed by atoms with E-state index in [0.29, 0.717) is 44.0 Å². The number of rotatable bonds is 7. The average Bonchev–Trinajstić information content (AvgIpc) is 3.51. The number of halogens is 3. The number of benzene rings is 2. The Balaban J connectivity index is 1.31. The summed E-state index contributed by atoms with van der Waals surface area (Å²) in [6.45, 7) is 4.43. The van der Waals surface area contributed by atoms with Gasteiger partial charge in [0.25, 0.3) is 5.89 Å². The van der Waals surface area contributed by atoms with E-state index in [2.05, 4.69) is 24.9 Å². The predicted octanol–water partition coefficient (Wildman–Crippen LogP) is 3.79. The molecular formula is C25H25F3N6O4S. The van der Waals surface area contributed by atoms with E-state index in [-0.39, 0.29) is 22.4 Å². The summed E-state index contributed by atoms with van der Waals surface area (Å²) in [5.41, 5.74) is 2.39. The average molecular weight is 563 g/mol. The third-order valence-corrected chi connectivity index (χ3v) is 8.20. The van der Waals surface area contributed by atoms with Gasteiger partial charge in [0.05, 0.1) is 11.4 Å². The molecule has 1 aliphatic heterocycles. The molecule has 206 valence electrons. The summed E-state index contributed by atoms with van der Waals surface area (Å²) >= 11 is 0. The third-order valence-electron chi connectivity index (χ3n) is 6.30. The molecule has 0 aliphatic carbocycles. The zero-order valence-electron chi connectivity index (χ0n) is 21.1. The number of nitrogens with zero attached hydrogens (tertiary/aromatic N) is 6. The second kappa shape index (κ2) is 10.4. The highest BCUT2D eigenvalue weighted by Gasteiger charge is 2.31. The van der Waals surface area contributed by atoms with E-state index in [1.807, 2.05) is 20.0 Å². The number of hydrogen-bond acceptors (Lipinski definition) is 8. The van der Waals surface area contributed by atoms with E-state index in [9.17, 15) is 21.6 Å². The molecular weight excluding hydrogens is 537 g/mol. The summed E-state index contributed by atoms with van der Waals surface area (Å²) in [5.74, 6) is -0.0452. The largest absolute Gasteiger partial charge is 0.573 e. The van der Waals surface area contributed by atoms with Crippen LogP contribution in [0.4, 0.5) is 13.2 Å². The van der Waals surface area contributed by atoms with Crippen LogP contribution < -0.4 is 4.74 Å². The van der Waals surface area contributed by atoms with Crippen molar-refractivity contribution in [1.82, 2.24) is 29.1 Å². The maximum Gasteiger partial charge on any atom is 0.573 e. The Morgan fingerprint density at radius 2 is 1.74 bits per heavy atom. The molecule has 10 nitrogen and oxygen atoms in total. The first-order chi connectivity index (χ1) is 18.5. The second-order valence-corrected chi connectivity index (χ2v) is 11.1. The second-order valence-electron chi connectivity index (χ2n) is 9.18. The number of aryl methyl sites for hydroxylation is 1. The van der Waals surface area contributed by atoms with Crippen LogP contribution in [0.15, 0.2) is 64.0 Å². The SMILES string of the molecule is Cc1cc(-c2nc(-c3ccc(OC(F)(F)F)cc3)no2)nn1Cc1cccc(S(=O)(=O)N2CCN(C)CC2)c1. The molecule has 0 radical (unpaired) electrons. The molecule has 2 aromatic heterocycles. The van der Waals surface area contributed by atoms with Crippen LogP contribution in [0.3, 0.4) is 0 Å². The molecule has 1 saturated heterocycles. The van der Waals surface area contributed by atoms with Crippen molar-refractivity contribution in [2.75, 3.05) is 33.2 Å². The highest BCUT2D eigenvalue weighted by atomic mass is 32.2. The van der Waals surface area contributed by atoms with E-state index in [4.69, 9.17) is 4.52 Å². The molecule has 0 N–H and O–H groups in total. The van der Waals surface area contributed by atoms with Crippen molar-refractivity contribution in [3.8, 4) is 28.7 Å². The summed E-state index contributed by atoms with van der Waals surface area (Å²) in [6.07, 6.45) is -4.78. The van der Waals surface area contributed by atoms with E-state index in [1.54, 1.807) is 28.9 Å². The minimum absolute atomic E-state index is 0.133. The molecule has 3 heterocycles. The zero-order valence-corrected chi connectivity index (χ0v) is 21.9. The molecule has 0 bridgehead atoms. The van der Waals surface area contributed by atoms with E-state index < -0.39 is 16.4 Å². The molecule has 0 atom stereocenters. The Morgan fingerprint density at radius 1 is 1.03 bits per heavy atom. The van der Waals surface area contributed by atoms with Crippen LogP contribution in [-0.2, 0) is 16.6 Å². The van der Waals surface area contributed by atoms with Crippen molar-refractivity contribution in [2.24, 2.45) is 0 Å². The van der Waals surface area contributed by atoms with Gasteiger partial charge < -0.3 is 14.2 Å². The number of ether oxygens (including phenoxy) is 1. The molecule has 39 heavy (non-hydrogen) atoms. The predicted molar refractivity (Wildman–Crippen MR) is 134 cm³/mol. The molecule has 0 unspecified atom stereocenters. The van der Waals surface area contributed by atoms with Crippen LogP contribution in [0.25, 0.3) is 23.0 Å². The van der Waals surface area contributed by atoms with Gasteiger partial charge >= 0.3 is 6.36 Å². The van der Waals surface area contributed by atoms with Crippen molar-refractivity contribution in [3.05, 3.63) is 65.9 Å². The van der Waals surface area contributed by atoms with Gasteiger partial charge in [0, 0.05) is 37.4 Å². The molecule has 0 amide bonds. The fourth-order valence-corrected chi connectivity index (χ4v) is 5.67. The maximum absolute atomic E-state index is 13.2. The fraction of sp³-hybridized carbons (Fsp3) is 0.320. The number of likely N-dealkylation sites (N-methyl/N-ethyl adjacent to an activating group) is 1. The highest BCUT2D eigenvalue weighted by Crippen LogP contribution is 2.27. The Bertz CT molecular complexity index is 1560. The van der Waals surface area contributed by atoms with Crippen LogP contribution in [0.5, 0.6) is 5.75 Å². The van der Waals surface area contributed by atoms with Crippen molar-refractivity contribution in [2.45, 2.75) is 24.7 Å². The van der Waals surface area contributed by atoms with Gasteiger partial charge in [0.15, 0.2) is 5.69 Å². The zero-order chi connectivity index (χ0) is 27.8. The van der Waals surface area contributed by atoms with Gasteiger partial charge in [-0.05, 0) is 62.0 Å². The Labute approximate surface area is 222 Å². The number of piperazine rings is 1. The van der Waals surface area contributed by atoms with Crippen LogP contribution >= 0.6 is 0 Å². The van der Waals surface area contributed by atoms with E-state index in [1.165, 1.54) is 16.4 Å². The Hall–Kier alpha value is -3.75. The molecule has 0 spiro atoms. The van der Waals surface area contributed by atoms with Crippen molar-refractivity contribution >= 4 is 10.0 Å². The van der Waals surface area contributed by atoms with E-state index >= 15 is 0 Å². The monoisotopic (exact) mass is 562 g/mol. The maximum atomic E-state index is 13.2. The molecule has 2 aromatic carbocycles. The summed E-state index contributed by atoms with van der Waals surface area (Å²) in [4.78, 5) is 6.65. The van der Waals surface area contributed by atoms with Gasteiger partial charge in [-0.15, -0.1) is 13.2 Å². The van der Waals surface area contributed by atoms with Gasteiger partial charge in [-0.1, -0.05) is 17.3 Å². The minimum Gasteiger partial charge on any atom is -0.406 e. The van der Waals surface area contributed by atoms with Crippen molar-refractivity contribution < 1.29 is 30.8 Å². The van der Waals surface area contributed by atoms with Gasteiger partial charge in [-0.3, -0.25) is 4.68 Å². The van der Waals surface area contributed by atoms with E-state index in [0.717, 1.165) is 23.4 Å². The number of alkyl halides is 3. The number of aromatic nitrogens is 4. The summed E-state index contributed by atoms with van der Waals surface area (Å²) in [6, 6.07) is 13.7. The first-order valence-electron chi connectivity index (χ1n) is 12.0. The topological polar surface area (TPSA) is 107 Å². The first-order valence-corrected chi connectivity index (χ1v) is 13.4. The lowest BCUT2D eigenvalue weighted by Crippen LogP contribution is -2.47. The lowest BCUT2D eigenvalue weighted by atomic mass is 10.2. The highest BCUT2D eigenvalue weighted by molar-refractivity contribution is 7.89. The Morgan fingerprint density at radius 3 is 2.44 bits per heavy atom. The Kier molecular flexibility index (Phi) is 7.18. The summed E-state index contributed by atoms with van der Waals surface area (Å²) in [7, 11) is -1.64. The summed E-state index contributed by atoms with van der Waals surface area (Å²) < 4.78 is 75.9. The van der Waals surface area contributed by atoms with Crippen molar-refractivity contribution in [1.29, 1.82) is 0 Å². The van der Waals surface area contributed by atoms with Gasteiger partial charge in [-0.2, -0.15) is 14.4 Å². The molecule has 4 aromatic rings. The fourth-order valence-electron chi connectivity index (χ4n) is 4.18. The number of hydrogen-bond donors (Lipinski definition) is 0. The van der Waals surface area contributed by atoms with Gasteiger partial charge in [0.2, 0.25) is 15.8 Å². The first kappa shape index (κ1) is 26.8. The molecule has 5 rings (SSSR count). The lowest BCUT2D eigenvalue weighted by Gasteiger charge is -2.31.